The average molecular weight is 379 g/mol. The molecular formula is C26H34O2. The quantitative estimate of drug-likeness (QED) is 0.447. The number of hydrogen-bond donors (Lipinski definition) is 0. The first-order valence-electron chi connectivity index (χ1n) is 11.2. The Labute approximate surface area is 170 Å². The van der Waals surface area contributed by atoms with Crippen molar-refractivity contribution in [2.45, 2.75) is 84.3 Å². The molecule has 2 saturated carbocycles. The molecule has 2 unspecified atom stereocenters. The maximum absolute atomic E-state index is 11.9. The molecule has 2 nitrogen and oxygen atoms in total. The minimum atomic E-state index is -0.0560. The number of ether oxygens (including phenoxy) is 1. The fourth-order valence-electron chi connectivity index (χ4n) is 6.48. The van der Waals surface area contributed by atoms with Crippen LogP contribution < -0.4 is 0 Å². The number of allylic oxidation sites excluding steroid dienone is 6. The predicted molar refractivity (Wildman–Crippen MR) is 114 cm³/mol. The molecule has 4 aliphatic carbocycles. The molecule has 6 atom stereocenters. The van der Waals surface area contributed by atoms with E-state index in [1.807, 2.05) is 6.08 Å². The standard InChI is InChI=1S/C26H34O2/c1-5-7-8-20(6-2)28-24-12-11-22-21-10-9-18-17-19(27)13-15-25(18,3)23(21)14-16-26(22,24)4/h2,13-15,17,20-22,24H,5,7-12,16H2,1,3-4H3/t20?,21-,22-,24?,25-,26-/m0/s1. The fourth-order valence-corrected chi connectivity index (χ4v) is 6.48. The molecule has 0 radical (unpaired) electrons. The molecule has 0 spiro atoms. The smallest absolute Gasteiger partial charge is 0.178 e. The van der Waals surface area contributed by atoms with Gasteiger partial charge in [-0.25, -0.2) is 0 Å². The van der Waals surface area contributed by atoms with Gasteiger partial charge < -0.3 is 4.74 Å². The van der Waals surface area contributed by atoms with E-state index in [9.17, 15) is 4.79 Å². The lowest BCUT2D eigenvalue weighted by molar-refractivity contribution is -0.110. The molecule has 0 heterocycles. The van der Waals surface area contributed by atoms with Gasteiger partial charge in [0, 0.05) is 10.8 Å². The van der Waals surface area contributed by atoms with Crippen molar-refractivity contribution < 1.29 is 9.53 Å². The lowest BCUT2D eigenvalue weighted by atomic mass is 9.53. The second-order valence-electron chi connectivity index (χ2n) is 9.73. The summed E-state index contributed by atoms with van der Waals surface area (Å²) in [7, 11) is 0. The highest BCUT2D eigenvalue weighted by molar-refractivity contribution is 6.01. The Bertz CT molecular complexity index is 779. The Morgan fingerprint density at radius 2 is 2.14 bits per heavy atom. The number of hydrogen-bond acceptors (Lipinski definition) is 2. The molecule has 0 aliphatic heterocycles. The maximum Gasteiger partial charge on any atom is 0.178 e. The molecule has 0 aromatic heterocycles. The molecular weight excluding hydrogens is 344 g/mol. The van der Waals surface area contributed by atoms with Gasteiger partial charge in [-0.15, -0.1) is 6.42 Å². The van der Waals surface area contributed by atoms with E-state index in [2.05, 4.69) is 38.8 Å². The van der Waals surface area contributed by atoms with Crippen molar-refractivity contribution in [1.29, 1.82) is 0 Å². The van der Waals surface area contributed by atoms with Crippen LogP contribution in [-0.2, 0) is 9.53 Å². The zero-order valence-corrected chi connectivity index (χ0v) is 17.7. The van der Waals surface area contributed by atoms with Crippen molar-refractivity contribution in [3.05, 3.63) is 35.5 Å². The third kappa shape index (κ3) is 3.03. The second kappa shape index (κ2) is 7.34. The fraction of sp³-hybridized carbons (Fsp3) is 0.654. The second-order valence-corrected chi connectivity index (χ2v) is 9.73. The molecule has 0 bridgehead atoms. The van der Waals surface area contributed by atoms with Crippen LogP contribution >= 0.6 is 0 Å². The van der Waals surface area contributed by atoms with Crippen molar-refractivity contribution in [2.24, 2.45) is 22.7 Å². The summed E-state index contributed by atoms with van der Waals surface area (Å²) in [5.41, 5.74) is 2.99. The summed E-state index contributed by atoms with van der Waals surface area (Å²) in [6, 6.07) is 0. The van der Waals surface area contributed by atoms with Crippen LogP contribution in [0.5, 0.6) is 0 Å². The van der Waals surface area contributed by atoms with Gasteiger partial charge in [0.05, 0.1) is 6.10 Å². The first-order chi connectivity index (χ1) is 13.4. The summed E-state index contributed by atoms with van der Waals surface area (Å²) in [6.45, 7) is 6.95. The van der Waals surface area contributed by atoms with Crippen molar-refractivity contribution in [2.75, 3.05) is 0 Å². The van der Waals surface area contributed by atoms with Crippen molar-refractivity contribution >= 4 is 5.78 Å². The van der Waals surface area contributed by atoms with Crippen molar-refractivity contribution in [1.82, 2.24) is 0 Å². The van der Waals surface area contributed by atoms with Crippen molar-refractivity contribution in [3.63, 3.8) is 0 Å². The van der Waals surface area contributed by atoms with E-state index in [4.69, 9.17) is 11.2 Å². The summed E-state index contributed by atoms with van der Waals surface area (Å²) in [4.78, 5) is 11.9. The van der Waals surface area contributed by atoms with Gasteiger partial charge in [-0.1, -0.05) is 55.9 Å². The van der Waals surface area contributed by atoms with Gasteiger partial charge in [0.25, 0.3) is 0 Å². The topological polar surface area (TPSA) is 26.3 Å². The monoisotopic (exact) mass is 378 g/mol. The summed E-state index contributed by atoms with van der Waals surface area (Å²) in [5.74, 6) is 4.30. The van der Waals surface area contributed by atoms with E-state index < -0.39 is 0 Å². The van der Waals surface area contributed by atoms with Crippen LogP contribution in [-0.4, -0.2) is 18.0 Å². The van der Waals surface area contributed by atoms with E-state index in [-0.39, 0.29) is 28.8 Å². The van der Waals surface area contributed by atoms with E-state index in [0.717, 1.165) is 44.9 Å². The zero-order valence-electron chi connectivity index (χ0n) is 17.7. The van der Waals surface area contributed by atoms with Gasteiger partial charge in [-0.2, -0.15) is 0 Å². The van der Waals surface area contributed by atoms with Gasteiger partial charge in [0.2, 0.25) is 0 Å². The molecule has 28 heavy (non-hydrogen) atoms. The lowest BCUT2D eigenvalue weighted by Gasteiger charge is -2.52. The number of terminal acetylenes is 1. The normalized spacial score (nSPS) is 39.9. The molecule has 2 fully saturated rings. The first kappa shape index (κ1) is 19.7. The largest absolute Gasteiger partial charge is 0.362 e. The minimum Gasteiger partial charge on any atom is -0.362 e. The molecule has 4 aliphatic rings. The van der Waals surface area contributed by atoms with Gasteiger partial charge in [-0.05, 0) is 69.4 Å². The Morgan fingerprint density at radius 1 is 1.32 bits per heavy atom. The van der Waals surface area contributed by atoms with E-state index in [1.54, 1.807) is 11.6 Å². The molecule has 0 aromatic rings. The van der Waals surface area contributed by atoms with Gasteiger partial charge in [0.15, 0.2) is 5.78 Å². The average Bonchev–Trinajstić information content (AvgIpc) is 3.02. The Morgan fingerprint density at radius 3 is 2.89 bits per heavy atom. The number of carbonyl (C=O) groups excluding carboxylic acids is 1. The molecule has 2 heteroatoms. The van der Waals surface area contributed by atoms with E-state index >= 15 is 0 Å². The van der Waals surface area contributed by atoms with Gasteiger partial charge in [-0.3, -0.25) is 4.79 Å². The van der Waals surface area contributed by atoms with Crippen LogP contribution in [0.4, 0.5) is 0 Å². The third-order valence-corrected chi connectivity index (χ3v) is 8.19. The first-order valence-corrected chi connectivity index (χ1v) is 11.2. The Kier molecular flexibility index (Phi) is 5.17. The van der Waals surface area contributed by atoms with Crippen LogP contribution in [0.15, 0.2) is 35.5 Å². The molecule has 150 valence electrons. The molecule has 4 rings (SSSR count). The summed E-state index contributed by atoms with van der Waals surface area (Å²) < 4.78 is 6.53. The SMILES string of the molecule is C#CC(CCCC)OC1CC[C@H]2[C@@H]3CCC4=CC(=O)C=C[C@]4(C)C3=CC[C@]12C. The highest BCUT2D eigenvalue weighted by Gasteiger charge is 2.56. The maximum atomic E-state index is 11.9. The molecule has 0 aromatic carbocycles. The predicted octanol–water partition coefficient (Wildman–Crippen LogP) is 5.79. The summed E-state index contributed by atoms with van der Waals surface area (Å²) >= 11 is 0. The zero-order chi connectivity index (χ0) is 19.9. The van der Waals surface area contributed by atoms with E-state index in [0.29, 0.717) is 11.8 Å². The highest BCUT2D eigenvalue weighted by atomic mass is 16.5. The summed E-state index contributed by atoms with van der Waals surface area (Å²) in [6.07, 6.45) is 23.2. The molecule has 0 saturated heterocycles. The van der Waals surface area contributed by atoms with Crippen LogP contribution in [0.25, 0.3) is 0 Å². The summed E-state index contributed by atoms with van der Waals surface area (Å²) in [5, 5.41) is 0. The highest BCUT2D eigenvalue weighted by Crippen LogP contribution is 2.62. The number of fused-ring (bicyclic) bond motifs is 5. The van der Waals surface area contributed by atoms with Crippen molar-refractivity contribution in [3.8, 4) is 12.3 Å². The van der Waals surface area contributed by atoms with E-state index in [1.165, 1.54) is 12.0 Å². The van der Waals surface area contributed by atoms with Gasteiger partial charge in [0.1, 0.15) is 6.10 Å². The molecule has 0 N–H and O–H groups in total. The Balaban J connectivity index is 1.58. The van der Waals surface area contributed by atoms with Crippen LogP contribution in [0.2, 0.25) is 0 Å². The number of rotatable bonds is 5. The number of unbranched alkanes of at least 4 members (excludes halogenated alkanes) is 1. The lowest BCUT2D eigenvalue weighted by Crippen LogP contribution is -2.45. The molecule has 0 amide bonds. The van der Waals surface area contributed by atoms with Crippen LogP contribution in [0.1, 0.15) is 72.1 Å². The van der Waals surface area contributed by atoms with Crippen LogP contribution in [0, 0.1) is 35.0 Å². The Hall–Kier alpha value is -1.59. The number of carbonyl (C=O) groups is 1. The van der Waals surface area contributed by atoms with Crippen LogP contribution in [0.3, 0.4) is 0 Å². The van der Waals surface area contributed by atoms with Gasteiger partial charge >= 0.3 is 0 Å². The number of ketones is 1. The third-order valence-electron chi connectivity index (χ3n) is 8.19. The minimum absolute atomic E-state index is 0.0448.